The predicted octanol–water partition coefficient (Wildman–Crippen LogP) is 1.07. The number of sulfonamides is 1. The van der Waals surface area contributed by atoms with Gasteiger partial charge in [0.25, 0.3) is 0 Å². The first-order valence-electron chi connectivity index (χ1n) is 7.54. The minimum atomic E-state index is -3.63. The molecule has 140 valence electrons. The third-order valence-corrected chi connectivity index (χ3v) is 4.17. The zero-order chi connectivity index (χ0) is 19.4. The van der Waals surface area contributed by atoms with Crippen LogP contribution in [0.15, 0.2) is 24.3 Å². The molecule has 0 aliphatic carbocycles. The number of rotatable bonds is 7. The summed E-state index contributed by atoms with van der Waals surface area (Å²) in [6.45, 7) is 4.80. The van der Waals surface area contributed by atoms with Crippen LogP contribution >= 0.6 is 0 Å². The highest BCUT2D eigenvalue weighted by molar-refractivity contribution is 7.88. The van der Waals surface area contributed by atoms with Gasteiger partial charge in [-0.25, -0.2) is 17.5 Å². The van der Waals surface area contributed by atoms with Gasteiger partial charge in [-0.2, -0.15) is 0 Å². The molecule has 1 rings (SSSR count). The Morgan fingerprint density at radius 3 is 2.12 bits per heavy atom. The first-order chi connectivity index (χ1) is 11.3. The quantitative estimate of drug-likeness (QED) is 0.661. The Balaban J connectivity index is 2.91. The summed E-state index contributed by atoms with van der Waals surface area (Å²) in [4.78, 5) is 23.8. The van der Waals surface area contributed by atoms with Crippen LogP contribution in [0.3, 0.4) is 0 Å². The van der Waals surface area contributed by atoms with Crippen LogP contribution in [0.4, 0.5) is 4.39 Å². The number of hydrogen-bond donors (Lipinski definition) is 3. The zero-order valence-corrected chi connectivity index (χ0v) is 15.4. The van der Waals surface area contributed by atoms with E-state index in [1.54, 1.807) is 20.8 Å². The third kappa shape index (κ3) is 6.79. The summed E-state index contributed by atoms with van der Waals surface area (Å²) in [6, 6.07) is 3.86. The fraction of sp³-hybridized carbons (Fsp3) is 0.500. The topological polar surface area (TPSA) is 113 Å². The van der Waals surface area contributed by atoms with Gasteiger partial charge in [0, 0.05) is 6.54 Å². The highest BCUT2D eigenvalue weighted by atomic mass is 32.2. The number of carboxylic acid groups (broad SMARTS) is 1. The lowest BCUT2D eigenvalue weighted by atomic mass is 9.86. The normalized spacial score (nSPS) is 14.6. The van der Waals surface area contributed by atoms with Gasteiger partial charge in [-0.3, -0.25) is 9.59 Å². The minimum Gasteiger partial charge on any atom is -0.481 e. The van der Waals surface area contributed by atoms with Gasteiger partial charge in [-0.05, 0) is 23.1 Å². The van der Waals surface area contributed by atoms with Crippen LogP contribution in [0.1, 0.15) is 32.3 Å². The van der Waals surface area contributed by atoms with E-state index in [1.165, 1.54) is 12.1 Å². The van der Waals surface area contributed by atoms with Crippen LogP contribution in [0, 0.1) is 11.2 Å². The van der Waals surface area contributed by atoms with Crippen molar-refractivity contribution >= 4 is 21.9 Å². The predicted molar refractivity (Wildman–Crippen MR) is 91.0 cm³/mol. The van der Waals surface area contributed by atoms with Crippen molar-refractivity contribution in [2.24, 2.45) is 5.41 Å². The molecule has 9 heteroatoms. The number of aliphatic carboxylic acids is 1. The average molecular weight is 374 g/mol. The van der Waals surface area contributed by atoms with E-state index in [0.29, 0.717) is 5.56 Å². The van der Waals surface area contributed by atoms with Crippen LogP contribution in [0.5, 0.6) is 0 Å². The van der Waals surface area contributed by atoms with E-state index in [4.69, 9.17) is 0 Å². The monoisotopic (exact) mass is 374 g/mol. The van der Waals surface area contributed by atoms with Gasteiger partial charge in [0.05, 0.1) is 12.2 Å². The molecule has 1 amide bonds. The Labute approximate surface area is 146 Å². The SMILES string of the molecule is CC(C)(C)C(NS(C)(=O)=O)C(=O)NCC(C(=O)O)c1ccc(F)cc1. The summed E-state index contributed by atoms with van der Waals surface area (Å²) in [5.74, 6) is -3.40. The maximum absolute atomic E-state index is 13.0. The Morgan fingerprint density at radius 2 is 1.72 bits per heavy atom. The van der Waals surface area contributed by atoms with E-state index in [2.05, 4.69) is 10.0 Å². The second-order valence-electron chi connectivity index (χ2n) is 6.88. The van der Waals surface area contributed by atoms with Gasteiger partial charge >= 0.3 is 5.97 Å². The molecule has 2 atom stereocenters. The van der Waals surface area contributed by atoms with Crippen molar-refractivity contribution in [3.8, 4) is 0 Å². The lowest BCUT2D eigenvalue weighted by Crippen LogP contribution is -2.54. The molecule has 25 heavy (non-hydrogen) atoms. The molecule has 0 aromatic heterocycles. The molecular weight excluding hydrogens is 351 g/mol. The van der Waals surface area contributed by atoms with Crippen LogP contribution in [0.25, 0.3) is 0 Å². The Kier molecular flexibility index (Phi) is 6.67. The molecule has 0 fully saturated rings. The Morgan fingerprint density at radius 1 is 1.20 bits per heavy atom. The van der Waals surface area contributed by atoms with Crippen LogP contribution < -0.4 is 10.0 Å². The lowest BCUT2D eigenvalue weighted by molar-refractivity contribution is -0.138. The smallest absolute Gasteiger partial charge is 0.312 e. The summed E-state index contributed by atoms with van der Waals surface area (Å²) < 4.78 is 38.2. The molecule has 1 aromatic carbocycles. The fourth-order valence-electron chi connectivity index (χ4n) is 2.19. The van der Waals surface area contributed by atoms with Crippen LogP contribution in [0.2, 0.25) is 0 Å². The summed E-state index contributed by atoms with van der Waals surface area (Å²) in [5.41, 5.74) is -0.389. The molecule has 0 spiro atoms. The molecular formula is C16H23FN2O5S. The van der Waals surface area contributed by atoms with Crippen molar-refractivity contribution in [2.45, 2.75) is 32.7 Å². The van der Waals surface area contributed by atoms with E-state index >= 15 is 0 Å². The van der Waals surface area contributed by atoms with E-state index in [0.717, 1.165) is 18.4 Å². The summed E-state index contributed by atoms with van der Waals surface area (Å²) in [7, 11) is -3.63. The number of carbonyl (C=O) groups is 2. The van der Waals surface area contributed by atoms with Gasteiger partial charge in [-0.15, -0.1) is 0 Å². The van der Waals surface area contributed by atoms with Crippen LogP contribution in [-0.4, -0.2) is 44.2 Å². The summed E-state index contributed by atoms with van der Waals surface area (Å²) in [5, 5.41) is 11.8. The standard InChI is InChI=1S/C16H23FN2O5S/c1-16(2,3)13(19-25(4,23)24)14(20)18-9-12(15(21)22)10-5-7-11(17)8-6-10/h5-8,12-13,19H,9H2,1-4H3,(H,18,20)(H,21,22). The maximum atomic E-state index is 13.0. The van der Waals surface area contributed by atoms with Gasteiger partial charge in [-0.1, -0.05) is 32.9 Å². The third-order valence-electron chi connectivity index (χ3n) is 3.51. The number of halogens is 1. The van der Waals surface area contributed by atoms with E-state index < -0.39 is 45.1 Å². The molecule has 0 radical (unpaired) electrons. The van der Waals surface area contributed by atoms with E-state index in [1.807, 2.05) is 0 Å². The first kappa shape index (κ1) is 21.0. The maximum Gasteiger partial charge on any atom is 0.312 e. The number of amides is 1. The van der Waals surface area contributed by atoms with Crippen molar-refractivity contribution in [1.82, 2.24) is 10.0 Å². The highest BCUT2D eigenvalue weighted by Gasteiger charge is 2.34. The Hall–Kier alpha value is -2.00. The first-order valence-corrected chi connectivity index (χ1v) is 9.43. The number of carboxylic acids is 1. The van der Waals surface area contributed by atoms with E-state index in [-0.39, 0.29) is 6.54 Å². The van der Waals surface area contributed by atoms with Crippen molar-refractivity contribution in [3.05, 3.63) is 35.6 Å². The highest BCUT2D eigenvalue weighted by Crippen LogP contribution is 2.21. The summed E-state index contributed by atoms with van der Waals surface area (Å²) >= 11 is 0. The second kappa shape index (κ2) is 7.92. The number of hydrogen-bond acceptors (Lipinski definition) is 4. The van der Waals surface area contributed by atoms with Crippen molar-refractivity contribution in [2.75, 3.05) is 12.8 Å². The molecule has 0 saturated carbocycles. The van der Waals surface area contributed by atoms with Crippen molar-refractivity contribution < 1.29 is 27.5 Å². The van der Waals surface area contributed by atoms with Gasteiger partial charge in [0.1, 0.15) is 11.9 Å². The number of carbonyl (C=O) groups excluding carboxylic acids is 1. The molecule has 2 unspecified atom stereocenters. The van der Waals surface area contributed by atoms with Gasteiger partial charge in [0.2, 0.25) is 15.9 Å². The van der Waals surface area contributed by atoms with Crippen molar-refractivity contribution in [3.63, 3.8) is 0 Å². The molecule has 0 aliphatic rings. The minimum absolute atomic E-state index is 0.252. The largest absolute Gasteiger partial charge is 0.481 e. The molecule has 7 nitrogen and oxygen atoms in total. The number of nitrogens with one attached hydrogen (secondary N) is 2. The fourth-order valence-corrected chi connectivity index (χ4v) is 3.07. The Bertz CT molecular complexity index is 726. The second-order valence-corrected chi connectivity index (χ2v) is 8.66. The molecule has 0 saturated heterocycles. The van der Waals surface area contributed by atoms with E-state index in [9.17, 15) is 27.5 Å². The zero-order valence-electron chi connectivity index (χ0n) is 14.5. The molecule has 1 aromatic rings. The lowest BCUT2D eigenvalue weighted by Gasteiger charge is -2.30. The number of benzene rings is 1. The molecule has 0 aliphatic heterocycles. The summed E-state index contributed by atoms with van der Waals surface area (Å²) in [6.07, 6.45) is 0.942. The average Bonchev–Trinajstić information content (AvgIpc) is 2.44. The van der Waals surface area contributed by atoms with Crippen LogP contribution in [-0.2, 0) is 19.6 Å². The van der Waals surface area contributed by atoms with Gasteiger partial charge in [0.15, 0.2) is 0 Å². The van der Waals surface area contributed by atoms with Gasteiger partial charge < -0.3 is 10.4 Å². The molecule has 0 heterocycles. The molecule has 0 bridgehead atoms. The van der Waals surface area contributed by atoms with Crippen molar-refractivity contribution in [1.29, 1.82) is 0 Å². The molecule has 3 N–H and O–H groups in total.